The smallest absolute Gasteiger partial charge is 0.389 e. The predicted molar refractivity (Wildman–Crippen MR) is 88.7 cm³/mol. The van der Waals surface area contributed by atoms with Crippen LogP contribution in [0.2, 0.25) is 0 Å². The molecule has 2 aromatic rings. The largest absolute Gasteiger partial charge is 0.416 e. The predicted octanol–water partition coefficient (Wildman–Crippen LogP) is 3.67. The summed E-state index contributed by atoms with van der Waals surface area (Å²) in [5.41, 5.74) is -2.22. The maximum absolute atomic E-state index is 12.9. The van der Waals surface area contributed by atoms with Crippen LogP contribution in [-0.2, 0) is 16.2 Å². The fraction of sp³-hybridized carbons (Fsp3) is 0.294. The van der Waals surface area contributed by atoms with Crippen LogP contribution in [0.25, 0.3) is 0 Å². The molecule has 2 rings (SSSR count). The molecule has 4 nitrogen and oxygen atoms in total. The van der Waals surface area contributed by atoms with Crippen LogP contribution in [0.1, 0.15) is 19.4 Å². The number of aliphatic hydroxyl groups is 1. The molecule has 25 heavy (non-hydrogen) atoms. The number of rotatable bonds is 5. The number of hydrogen-bond acceptors (Lipinski definition) is 3. The van der Waals surface area contributed by atoms with E-state index >= 15 is 0 Å². The van der Waals surface area contributed by atoms with Gasteiger partial charge in [0.1, 0.15) is 0 Å². The minimum atomic E-state index is -4.52. The zero-order valence-corrected chi connectivity index (χ0v) is 14.5. The molecule has 0 heterocycles. The van der Waals surface area contributed by atoms with Gasteiger partial charge in [0, 0.05) is 0 Å². The van der Waals surface area contributed by atoms with E-state index in [-0.39, 0.29) is 17.1 Å². The third kappa shape index (κ3) is 4.73. The maximum Gasteiger partial charge on any atom is 0.416 e. The van der Waals surface area contributed by atoms with Gasteiger partial charge in [-0.3, -0.25) is 4.31 Å². The van der Waals surface area contributed by atoms with E-state index in [1.807, 2.05) is 0 Å². The van der Waals surface area contributed by atoms with Crippen LogP contribution in [-0.4, -0.2) is 25.7 Å². The number of sulfonamides is 1. The van der Waals surface area contributed by atoms with Crippen molar-refractivity contribution < 1.29 is 26.7 Å². The fourth-order valence-electron chi connectivity index (χ4n) is 2.20. The first-order valence-corrected chi connectivity index (χ1v) is 8.83. The Kier molecular flexibility index (Phi) is 5.15. The van der Waals surface area contributed by atoms with Crippen LogP contribution >= 0.6 is 0 Å². The van der Waals surface area contributed by atoms with E-state index in [4.69, 9.17) is 0 Å². The van der Waals surface area contributed by atoms with Gasteiger partial charge in [0.25, 0.3) is 10.0 Å². The van der Waals surface area contributed by atoms with Gasteiger partial charge in [-0.15, -0.1) is 0 Å². The molecule has 0 spiro atoms. The second kappa shape index (κ2) is 6.68. The minimum Gasteiger partial charge on any atom is -0.389 e. The van der Waals surface area contributed by atoms with Crippen molar-refractivity contribution in [1.29, 1.82) is 0 Å². The summed E-state index contributed by atoms with van der Waals surface area (Å²) in [6.45, 7) is 2.53. The number of anilines is 1. The third-order valence-corrected chi connectivity index (χ3v) is 5.13. The van der Waals surface area contributed by atoms with Crippen LogP contribution in [0.3, 0.4) is 0 Å². The number of benzene rings is 2. The monoisotopic (exact) mass is 373 g/mol. The summed E-state index contributed by atoms with van der Waals surface area (Å²) in [7, 11) is -4.04. The van der Waals surface area contributed by atoms with E-state index in [1.165, 1.54) is 26.0 Å². The lowest BCUT2D eigenvalue weighted by atomic mass is 10.1. The van der Waals surface area contributed by atoms with Crippen molar-refractivity contribution in [3.05, 3.63) is 60.2 Å². The molecule has 1 N–H and O–H groups in total. The summed E-state index contributed by atoms with van der Waals surface area (Å²) in [6, 6.07) is 11.3. The van der Waals surface area contributed by atoms with Crippen molar-refractivity contribution >= 4 is 15.7 Å². The second-order valence-corrected chi connectivity index (χ2v) is 8.04. The molecule has 0 saturated carbocycles. The SMILES string of the molecule is CC(C)(O)CN(c1ccc(C(F)(F)F)cc1)S(=O)(=O)c1ccccc1. The van der Waals surface area contributed by atoms with E-state index in [9.17, 15) is 26.7 Å². The van der Waals surface area contributed by atoms with Crippen LogP contribution in [0.15, 0.2) is 59.5 Å². The number of alkyl halides is 3. The molecule has 0 fully saturated rings. The number of nitrogens with zero attached hydrogens (tertiary/aromatic N) is 1. The van der Waals surface area contributed by atoms with Gasteiger partial charge < -0.3 is 5.11 Å². The van der Waals surface area contributed by atoms with Crippen LogP contribution < -0.4 is 4.31 Å². The Morgan fingerprint density at radius 1 is 0.960 bits per heavy atom. The number of hydrogen-bond donors (Lipinski definition) is 1. The number of halogens is 3. The molecule has 0 aliphatic heterocycles. The highest BCUT2D eigenvalue weighted by atomic mass is 32.2. The van der Waals surface area contributed by atoms with Gasteiger partial charge in [0.05, 0.1) is 28.3 Å². The fourth-order valence-corrected chi connectivity index (χ4v) is 3.84. The molecule has 0 saturated heterocycles. The van der Waals surface area contributed by atoms with Gasteiger partial charge >= 0.3 is 6.18 Å². The molecule has 0 atom stereocenters. The van der Waals surface area contributed by atoms with Gasteiger partial charge in [0.15, 0.2) is 0 Å². The Morgan fingerprint density at radius 2 is 1.48 bits per heavy atom. The average molecular weight is 373 g/mol. The quantitative estimate of drug-likeness (QED) is 0.870. The van der Waals surface area contributed by atoms with Crippen molar-refractivity contribution in [2.45, 2.75) is 30.5 Å². The standard InChI is InChI=1S/C17H18F3NO3S/c1-16(2,22)12-21(25(23,24)15-6-4-3-5-7-15)14-10-8-13(9-11-14)17(18,19)20/h3-11,22H,12H2,1-2H3. The molecule has 0 aliphatic carbocycles. The molecule has 2 aromatic carbocycles. The molecule has 0 unspecified atom stereocenters. The van der Waals surface area contributed by atoms with E-state index in [0.29, 0.717) is 0 Å². The highest BCUT2D eigenvalue weighted by Crippen LogP contribution is 2.32. The molecule has 0 aromatic heterocycles. The van der Waals surface area contributed by atoms with Gasteiger partial charge in [-0.2, -0.15) is 13.2 Å². The molecule has 0 amide bonds. The Labute approximate surface area is 144 Å². The normalized spacial score (nSPS) is 12.9. The Balaban J connectivity index is 2.50. The first-order valence-electron chi connectivity index (χ1n) is 7.39. The summed E-state index contributed by atoms with van der Waals surface area (Å²) in [5, 5.41) is 10.1. The molecular weight excluding hydrogens is 355 g/mol. The summed E-state index contributed by atoms with van der Waals surface area (Å²) in [4.78, 5) is -0.0147. The van der Waals surface area contributed by atoms with Gasteiger partial charge in [-0.05, 0) is 50.2 Å². The summed E-state index contributed by atoms with van der Waals surface area (Å²) >= 11 is 0. The zero-order valence-electron chi connectivity index (χ0n) is 13.7. The van der Waals surface area contributed by atoms with Crippen molar-refractivity contribution in [2.75, 3.05) is 10.8 Å². The van der Waals surface area contributed by atoms with Crippen LogP contribution in [0, 0.1) is 0 Å². The lowest BCUT2D eigenvalue weighted by molar-refractivity contribution is -0.137. The molecule has 0 bridgehead atoms. The summed E-state index contributed by atoms with van der Waals surface area (Å²) < 4.78 is 64.8. The topological polar surface area (TPSA) is 57.6 Å². The molecule has 136 valence electrons. The Bertz CT molecular complexity index is 811. The first kappa shape index (κ1) is 19.3. The third-order valence-electron chi connectivity index (χ3n) is 3.34. The first-order chi connectivity index (χ1) is 11.4. The van der Waals surface area contributed by atoms with Crippen molar-refractivity contribution in [2.24, 2.45) is 0 Å². The van der Waals surface area contributed by atoms with Crippen molar-refractivity contribution in [1.82, 2.24) is 0 Å². The van der Waals surface area contributed by atoms with Crippen molar-refractivity contribution in [3.63, 3.8) is 0 Å². The Morgan fingerprint density at radius 3 is 1.92 bits per heavy atom. The zero-order chi connectivity index (χ0) is 18.9. The van der Waals surface area contributed by atoms with Crippen LogP contribution in [0.5, 0.6) is 0 Å². The minimum absolute atomic E-state index is 0.0147. The second-order valence-electron chi connectivity index (χ2n) is 6.18. The Hall–Kier alpha value is -2.06. The lowest BCUT2D eigenvalue weighted by Crippen LogP contribution is -2.42. The van der Waals surface area contributed by atoms with E-state index < -0.39 is 27.4 Å². The van der Waals surface area contributed by atoms with Gasteiger partial charge in [-0.1, -0.05) is 18.2 Å². The molecule has 8 heteroatoms. The highest BCUT2D eigenvalue weighted by Gasteiger charge is 2.33. The van der Waals surface area contributed by atoms with Gasteiger partial charge in [0.2, 0.25) is 0 Å². The summed E-state index contributed by atoms with van der Waals surface area (Å²) in [5.74, 6) is 0. The van der Waals surface area contributed by atoms with E-state index in [2.05, 4.69) is 0 Å². The molecular formula is C17H18F3NO3S. The molecule has 0 radical (unpaired) electrons. The van der Waals surface area contributed by atoms with E-state index in [1.54, 1.807) is 18.2 Å². The average Bonchev–Trinajstić information content (AvgIpc) is 2.52. The molecule has 0 aliphatic rings. The van der Waals surface area contributed by atoms with Crippen molar-refractivity contribution in [3.8, 4) is 0 Å². The van der Waals surface area contributed by atoms with Crippen LogP contribution in [0.4, 0.5) is 18.9 Å². The highest BCUT2D eigenvalue weighted by molar-refractivity contribution is 7.92. The van der Waals surface area contributed by atoms with E-state index in [0.717, 1.165) is 28.6 Å². The maximum atomic E-state index is 12.9. The van der Waals surface area contributed by atoms with Gasteiger partial charge in [-0.25, -0.2) is 8.42 Å². The lowest BCUT2D eigenvalue weighted by Gasteiger charge is -2.30. The summed E-state index contributed by atoms with van der Waals surface area (Å²) in [6.07, 6.45) is -4.52.